The average molecular weight is 232 g/mol. The van der Waals surface area contributed by atoms with Crippen molar-refractivity contribution in [2.45, 2.75) is 32.2 Å². The van der Waals surface area contributed by atoms with Crippen molar-refractivity contribution in [2.24, 2.45) is 5.73 Å². The first-order valence-corrected chi connectivity index (χ1v) is 5.40. The van der Waals surface area contributed by atoms with Gasteiger partial charge >= 0.3 is 5.97 Å². The zero-order chi connectivity index (χ0) is 12.4. The summed E-state index contributed by atoms with van der Waals surface area (Å²) in [5.74, 6) is -1.24. The minimum atomic E-state index is -1.02. The van der Waals surface area contributed by atoms with Gasteiger partial charge in [-0.15, -0.1) is 0 Å². The monoisotopic (exact) mass is 232 g/mol. The maximum absolute atomic E-state index is 11.3. The van der Waals surface area contributed by atoms with Gasteiger partial charge in [-0.2, -0.15) is 0 Å². The van der Waals surface area contributed by atoms with Crippen molar-refractivity contribution in [1.82, 2.24) is 5.32 Å². The number of unbranched alkanes of at least 4 members (excludes halogenated alkanes) is 1. The highest BCUT2D eigenvalue weighted by Crippen LogP contribution is 1.97. The summed E-state index contributed by atoms with van der Waals surface area (Å²) in [7, 11) is 0. The molecule has 1 amide bonds. The molecule has 6 nitrogen and oxygen atoms in total. The number of carboxylic acid groups (broad SMARTS) is 1. The molecule has 94 valence electrons. The minimum Gasteiger partial charge on any atom is -0.480 e. The van der Waals surface area contributed by atoms with Crippen LogP contribution >= 0.6 is 0 Å². The van der Waals surface area contributed by atoms with Gasteiger partial charge in [-0.1, -0.05) is 19.8 Å². The number of carboxylic acids is 1. The van der Waals surface area contributed by atoms with Gasteiger partial charge in [-0.05, 0) is 6.42 Å². The Morgan fingerprint density at radius 3 is 2.75 bits per heavy atom. The molecule has 0 aromatic carbocycles. The second-order valence-corrected chi connectivity index (χ2v) is 3.49. The highest BCUT2D eigenvalue weighted by molar-refractivity contribution is 5.81. The van der Waals surface area contributed by atoms with Gasteiger partial charge in [-0.25, -0.2) is 4.79 Å². The Balaban J connectivity index is 3.45. The van der Waals surface area contributed by atoms with E-state index in [1.54, 1.807) is 0 Å². The van der Waals surface area contributed by atoms with Crippen LogP contribution in [-0.4, -0.2) is 42.8 Å². The van der Waals surface area contributed by atoms with Gasteiger partial charge in [0.1, 0.15) is 6.61 Å². The van der Waals surface area contributed by atoms with E-state index in [9.17, 15) is 9.59 Å². The van der Waals surface area contributed by atoms with E-state index in [2.05, 4.69) is 5.32 Å². The van der Waals surface area contributed by atoms with Crippen LogP contribution in [-0.2, 0) is 14.3 Å². The molecule has 0 spiro atoms. The van der Waals surface area contributed by atoms with E-state index in [-0.39, 0.29) is 25.7 Å². The summed E-state index contributed by atoms with van der Waals surface area (Å²) in [6, 6.07) is -0.487. The summed E-state index contributed by atoms with van der Waals surface area (Å²) in [5, 5.41) is 10.9. The summed E-state index contributed by atoms with van der Waals surface area (Å²) >= 11 is 0. The Kier molecular flexibility index (Phi) is 8.46. The van der Waals surface area contributed by atoms with E-state index in [1.165, 1.54) is 0 Å². The van der Waals surface area contributed by atoms with Crippen LogP contribution in [0.4, 0.5) is 0 Å². The van der Waals surface area contributed by atoms with Gasteiger partial charge in [-0.3, -0.25) is 4.79 Å². The molecule has 6 heteroatoms. The number of nitrogens with one attached hydrogen (secondary N) is 1. The summed E-state index contributed by atoms with van der Waals surface area (Å²) in [4.78, 5) is 21.4. The zero-order valence-electron chi connectivity index (χ0n) is 9.57. The third-order valence-electron chi connectivity index (χ3n) is 1.98. The lowest BCUT2D eigenvalue weighted by Crippen LogP contribution is -2.41. The van der Waals surface area contributed by atoms with Crippen LogP contribution in [0.1, 0.15) is 26.2 Å². The predicted molar refractivity (Wildman–Crippen MR) is 59.0 cm³/mol. The summed E-state index contributed by atoms with van der Waals surface area (Å²) < 4.78 is 4.75. The van der Waals surface area contributed by atoms with Crippen molar-refractivity contribution in [3.05, 3.63) is 0 Å². The Bertz CT molecular complexity index is 221. The first kappa shape index (κ1) is 14.9. The zero-order valence-corrected chi connectivity index (χ0v) is 9.57. The lowest BCUT2D eigenvalue weighted by Gasteiger charge is -2.11. The molecule has 0 aromatic heterocycles. The van der Waals surface area contributed by atoms with E-state index < -0.39 is 12.0 Å². The number of amides is 1. The molecule has 1 atom stereocenters. The van der Waals surface area contributed by atoms with E-state index in [1.807, 2.05) is 6.92 Å². The number of hydrogen-bond acceptors (Lipinski definition) is 4. The molecule has 0 heterocycles. The molecule has 0 saturated carbocycles. The van der Waals surface area contributed by atoms with Crippen LogP contribution in [0.15, 0.2) is 0 Å². The number of carbonyl (C=O) groups is 2. The van der Waals surface area contributed by atoms with Crippen LogP contribution in [0.5, 0.6) is 0 Å². The fourth-order valence-electron chi connectivity index (χ4n) is 1.09. The molecule has 0 rings (SSSR count). The maximum Gasteiger partial charge on any atom is 0.329 e. The van der Waals surface area contributed by atoms with Crippen molar-refractivity contribution < 1.29 is 19.4 Å². The summed E-state index contributed by atoms with van der Waals surface area (Å²) in [6.45, 7) is 2.15. The van der Waals surface area contributed by atoms with E-state index in [0.29, 0.717) is 6.42 Å². The normalized spacial score (nSPS) is 12.1. The molecule has 16 heavy (non-hydrogen) atoms. The number of hydrogen-bond donors (Lipinski definition) is 3. The van der Waals surface area contributed by atoms with Crippen molar-refractivity contribution in [3.63, 3.8) is 0 Å². The molecule has 0 unspecified atom stereocenters. The van der Waals surface area contributed by atoms with Crippen molar-refractivity contribution in [3.8, 4) is 0 Å². The summed E-state index contributed by atoms with van der Waals surface area (Å²) in [5.41, 5.74) is 5.62. The summed E-state index contributed by atoms with van der Waals surface area (Å²) in [6.07, 6.45) is 2.59. The van der Waals surface area contributed by atoms with Gasteiger partial charge in [0.25, 0.3) is 0 Å². The largest absolute Gasteiger partial charge is 0.480 e. The van der Waals surface area contributed by atoms with Gasteiger partial charge in [0, 0.05) is 6.54 Å². The average Bonchev–Trinajstić information content (AvgIpc) is 2.24. The minimum absolute atomic E-state index is 0.179. The quantitative estimate of drug-likeness (QED) is 0.475. The van der Waals surface area contributed by atoms with Crippen LogP contribution in [0.2, 0.25) is 0 Å². The van der Waals surface area contributed by atoms with Crippen LogP contribution < -0.4 is 11.1 Å². The first-order chi connectivity index (χ1) is 7.57. The van der Waals surface area contributed by atoms with Gasteiger partial charge in [0.05, 0.1) is 12.6 Å². The molecular formula is C10H20N2O4. The Morgan fingerprint density at radius 2 is 2.19 bits per heavy atom. The van der Waals surface area contributed by atoms with Gasteiger partial charge < -0.3 is 20.9 Å². The molecule has 0 saturated heterocycles. The number of nitrogens with two attached hydrogens (primary N) is 1. The van der Waals surface area contributed by atoms with E-state index in [4.69, 9.17) is 15.6 Å². The maximum atomic E-state index is 11.3. The third-order valence-corrected chi connectivity index (χ3v) is 1.98. The highest BCUT2D eigenvalue weighted by Gasteiger charge is 2.11. The molecule has 0 aliphatic carbocycles. The molecule has 0 aliphatic heterocycles. The second kappa shape index (κ2) is 9.11. The van der Waals surface area contributed by atoms with Crippen LogP contribution in [0.3, 0.4) is 0 Å². The molecule has 0 fully saturated rings. The Morgan fingerprint density at radius 1 is 1.50 bits per heavy atom. The molecular weight excluding hydrogens is 212 g/mol. The predicted octanol–water partition coefficient (Wildman–Crippen LogP) is -0.279. The standard InChI is InChI=1S/C10H20N2O4/c1-2-3-4-8(11)10(15)12-5-6-16-7-9(13)14/h8H,2-7,11H2,1H3,(H,12,15)(H,13,14)/t8-/m0/s1. The fraction of sp³-hybridized carbons (Fsp3) is 0.800. The lowest BCUT2D eigenvalue weighted by atomic mass is 10.1. The van der Waals surface area contributed by atoms with Gasteiger partial charge in [0.2, 0.25) is 5.91 Å². The number of ether oxygens (including phenoxy) is 1. The highest BCUT2D eigenvalue weighted by atomic mass is 16.5. The second-order valence-electron chi connectivity index (χ2n) is 3.49. The Hall–Kier alpha value is -1.14. The fourth-order valence-corrected chi connectivity index (χ4v) is 1.09. The lowest BCUT2D eigenvalue weighted by molar-refractivity contribution is -0.142. The molecule has 0 bridgehead atoms. The Labute approximate surface area is 95.1 Å². The molecule has 0 aliphatic rings. The SMILES string of the molecule is CCCC[C@H](N)C(=O)NCCOCC(=O)O. The topological polar surface area (TPSA) is 102 Å². The third kappa shape index (κ3) is 8.19. The number of aliphatic carboxylic acids is 1. The number of rotatable bonds is 9. The van der Waals surface area contributed by atoms with Crippen molar-refractivity contribution in [2.75, 3.05) is 19.8 Å². The van der Waals surface area contributed by atoms with Crippen LogP contribution in [0.25, 0.3) is 0 Å². The van der Waals surface area contributed by atoms with Gasteiger partial charge in [0.15, 0.2) is 0 Å². The molecule has 4 N–H and O–H groups in total. The first-order valence-electron chi connectivity index (χ1n) is 5.40. The smallest absolute Gasteiger partial charge is 0.329 e. The number of carbonyl (C=O) groups excluding carboxylic acids is 1. The van der Waals surface area contributed by atoms with Crippen molar-refractivity contribution in [1.29, 1.82) is 0 Å². The van der Waals surface area contributed by atoms with E-state index in [0.717, 1.165) is 12.8 Å². The molecule has 0 radical (unpaired) electrons. The molecule has 0 aromatic rings. The van der Waals surface area contributed by atoms with Crippen molar-refractivity contribution >= 4 is 11.9 Å². The van der Waals surface area contributed by atoms with Crippen LogP contribution in [0, 0.1) is 0 Å². The van der Waals surface area contributed by atoms with E-state index >= 15 is 0 Å².